The lowest BCUT2D eigenvalue weighted by molar-refractivity contribution is 0.476. The standard InChI is InChI=1S/C13H21NO2S/c1-9(2)12(5)14-17(15,16)13-8-10(3)6-7-11(13)4/h6-9,12,14H,1-5H3/t12-/m1/s1. The lowest BCUT2D eigenvalue weighted by Crippen LogP contribution is -2.36. The summed E-state index contributed by atoms with van der Waals surface area (Å²) in [6, 6.07) is 5.40. The van der Waals surface area contributed by atoms with E-state index >= 15 is 0 Å². The van der Waals surface area contributed by atoms with Gasteiger partial charge < -0.3 is 0 Å². The lowest BCUT2D eigenvalue weighted by Gasteiger charge is -2.18. The van der Waals surface area contributed by atoms with Crippen LogP contribution in [0.4, 0.5) is 0 Å². The van der Waals surface area contributed by atoms with E-state index in [0.717, 1.165) is 11.1 Å². The first-order chi connectivity index (χ1) is 7.74. The molecule has 0 aliphatic carbocycles. The van der Waals surface area contributed by atoms with Crippen molar-refractivity contribution >= 4 is 10.0 Å². The van der Waals surface area contributed by atoms with E-state index in [-0.39, 0.29) is 12.0 Å². The summed E-state index contributed by atoms with van der Waals surface area (Å²) < 4.78 is 27.1. The molecule has 17 heavy (non-hydrogen) atoms. The third kappa shape index (κ3) is 3.54. The van der Waals surface area contributed by atoms with Gasteiger partial charge in [-0.15, -0.1) is 0 Å². The number of hydrogen-bond donors (Lipinski definition) is 1. The molecule has 1 atom stereocenters. The Bertz CT molecular complexity index is 492. The van der Waals surface area contributed by atoms with E-state index in [4.69, 9.17) is 0 Å². The summed E-state index contributed by atoms with van der Waals surface area (Å²) in [6.45, 7) is 9.58. The minimum atomic E-state index is -3.41. The lowest BCUT2D eigenvalue weighted by atomic mass is 10.1. The van der Waals surface area contributed by atoms with Gasteiger partial charge in [-0.3, -0.25) is 0 Å². The third-order valence-corrected chi connectivity index (χ3v) is 4.68. The first-order valence-electron chi connectivity index (χ1n) is 5.83. The average molecular weight is 255 g/mol. The molecular formula is C13H21NO2S. The van der Waals surface area contributed by atoms with Crippen LogP contribution in [-0.2, 0) is 10.0 Å². The monoisotopic (exact) mass is 255 g/mol. The highest BCUT2D eigenvalue weighted by molar-refractivity contribution is 7.89. The van der Waals surface area contributed by atoms with Gasteiger partial charge in [-0.1, -0.05) is 26.0 Å². The smallest absolute Gasteiger partial charge is 0.208 e. The van der Waals surface area contributed by atoms with Gasteiger partial charge >= 0.3 is 0 Å². The molecule has 1 N–H and O–H groups in total. The second-order valence-electron chi connectivity index (χ2n) is 4.92. The van der Waals surface area contributed by atoms with Crippen molar-refractivity contribution in [2.45, 2.75) is 45.6 Å². The summed E-state index contributed by atoms with van der Waals surface area (Å²) in [5.41, 5.74) is 1.73. The van der Waals surface area contributed by atoms with Gasteiger partial charge in [-0.2, -0.15) is 0 Å². The van der Waals surface area contributed by atoms with E-state index in [0.29, 0.717) is 4.90 Å². The Morgan fingerprint density at radius 2 is 1.71 bits per heavy atom. The second kappa shape index (κ2) is 5.19. The quantitative estimate of drug-likeness (QED) is 0.899. The van der Waals surface area contributed by atoms with Crippen LogP contribution in [0.3, 0.4) is 0 Å². The topological polar surface area (TPSA) is 46.2 Å². The van der Waals surface area contributed by atoms with Crippen molar-refractivity contribution in [3.8, 4) is 0 Å². The van der Waals surface area contributed by atoms with Gasteiger partial charge in [0, 0.05) is 6.04 Å². The SMILES string of the molecule is Cc1ccc(C)c(S(=O)(=O)N[C@H](C)C(C)C)c1. The molecule has 0 unspecified atom stereocenters. The van der Waals surface area contributed by atoms with Crippen molar-refractivity contribution < 1.29 is 8.42 Å². The van der Waals surface area contributed by atoms with E-state index in [1.165, 1.54) is 0 Å². The van der Waals surface area contributed by atoms with Crippen LogP contribution < -0.4 is 4.72 Å². The summed E-state index contributed by atoms with van der Waals surface area (Å²) in [5, 5.41) is 0. The molecule has 0 bridgehead atoms. The zero-order valence-corrected chi connectivity index (χ0v) is 11.9. The Kier molecular flexibility index (Phi) is 4.33. The van der Waals surface area contributed by atoms with Crippen LogP contribution in [0.2, 0.25) is 0 Å². The van der Waals surface area contributed by atoms with Crippen molar-refractivity contribution in [1.29, 1.82) is 0 Å². The fourth-order valence-electron chi connectivity index (χ4n) is 1.44. The molecule has 96 valence electrons. The highest BCUT2D eigenvalue weighted by Gasteiger charge is 2.20. The molecule has 3 nitrogen and oxygen atoms in total. The molecule has 0 saturated heterocycles. The zero-order chi connectivity index (χ0) is 13.2. The van der Waals surface area contributed by atoms with Crippen molar-refractivity contribution in [1.82, 2.24) is 4.72 Å². The van der Waals surface area contributed by atoms with Crippen LogP contribution in [0.25, 0.3) is 0 Å². The molecule has 0 aliphatic heterocycles. The molecule has 0 aliphatic rings. The predicted octanol–water partition coefficient (Wildman–Crippen LogP) is 2.63. The number of rotatable bonds is 4. The molecule has 0 saturated carbocycles. The summed E-state index contributed by atoms with van der Waals surface area (Å²) in [4.78, 5) is 0.380. The van der Waals surface area contributed by atoms with E-state index in [1.54, 1.807) is 6.07 Å². The maximum Gasteiger partial charge on any atom is 0.241 e. The van der Waals surface area contributed by atoms with Crippen molar-refractivity contribution in [2.24, 2.45) is 5.92 Å². The van der Waals surface area contributed by atoms with Gasteiger partial charge in [0.15, 0.2) is 0 Å². The maximum absolute atomic E-state index is 12.2. The van der Waals surface area contributed by atoms with Crippen LogP contribution in [0, 0.1) is 19.8 Å². The minimum absolute atomic E-state index is 0.0695. The van der Waals surface area contributed by atoms with Gasteiger partial charge in [-0.05, 0) is 43.9 Å². The first kappa shape index (κ1) is 14.2. The summed E-state index contributed by atoms with van der Waals surface area (Å²) in [5.74, 6) is 0.273. The van der Waals surface area contributed by atoms with E-state index < -0.39 is 10.0 Å². The number of sulfonamides is 1. The molecule has 0 spiro atoms. The molecule has 0 aromatic heterocycles. The normalized spacial score (nSPS) is 14.0. The summed E-state index contributed by atoms with van der Waals surface area (Å²) in [7, 11) is -3.41. The minimum Gasteiger partial charge on any atom is -0.208 e. The molecule has 1 rings (SSSR count). The van der Waals surface area contributed by atoms with Crippen molar-refractivity contribution in [3.63, 3.8) is 0 Å². The van der Waals surface area contributed by atoms with Crippen LogP contribution in [0.5, 0.6) is 0 Å². The molecular weight excluding hydrogens is 234 g/mol. The van der Waals surface area contributed by atoms with Gasteiger partial charge in [0.25, 0.3) is 0 Å². The Balaban J connectivity index is 3.09. The Hall–Kier alpha value is -0.870. The van der Waals surface area contributed by atoms with Crippen LogP contribution >= 0.6 is 0 Å². The second-order valence-corrected chi connectivity index (χ2v) is 6.61. The van der Waals surface area contributed by atoms with Gasteiger partial charge in [-0.25, -0.2) is 13.1 Å². The highest BCUT2D eigenvalue weighted by atomic mass is 32.2. The zero-order valence-electron chi connectivity index (χ0n) is 11.1. The molecule has 1 aromatic carbocycles. The number of hydrogen-bond acceptors (Lipinski definition) is 2. The Morgan fingerprint density at radius 3 is 2.24 bits per heavy atom. The highest BCUT2D eigenvalue weighted by Crippen LogP contribution is 2.17. The van der Waals surface area contributed by atoms with Gasteiger partial charge in [0.2, 0.25) is 10.0 Å². The van der Waals surface area contributed by atoms with Gasteiger partial charge in [0.1, 0.15) is 0 Å². The largest absolute Gasteiger partial charge is 0.241 e. The van der Waals surface area contributed by atoms with Crippen molar-refractivity contribution in [3.05, 3.63) is 29.3 Å². The third-order valence-electron chi connectivity index (χ3n) is 2.97. The molecule has 1 aromatic rings. The van der Waals surface area contributed by atoms with Gasteiger partial charge in [0.05, 0.1) is 4.90 Å². The molecule has 0 amide bonds. The van der Waals surface area contributed by atoms with Crippen molar-refractivity contribution in [2.75, 3.05) is 0 Å². The van der Waals surface area contributed by atoms with E-state index in [2.05, 4.69) is 4.72 Å². The van der Waals surface area contributed by atoms with E-state index in [9.17, 15) is 8.42 Å². The Labute approximate surface area is 104 Å². The van der Waals surface area contributed by atoms with Crippen LogP contribution in [0.15, 0.2) is 23.1 Å². The number of nitrogens with one attached hydrogen (secondary N) is 1. The fourth-order valence-corrected chi connectivity index (χ4v) is 3.16. The predicted molar refractivity (Wildman–Crippen MR) is 70.5 cm³/mol. The summed E-state index contributed by atoms with van der Waals surface area (Å²) in [6.07, 6.45) is 0. The molecule has 0 fully saturated rings. The fraction of sp³-hybridized carbons (Fsp3) is 0.538. The summed E-state index contributed by atoms with van der Waals surface area (Å²) >= 11 is 0. The average Bonchev–Trinajstić information content (AvgIpc) is 2.20. The molecule has 4 heteroatoms. The first-order valence-corrected chi connectivity index (χ1v) is 7.32. The van der Waals surface area contributed by atoms with Crippen LogP contribution in [0.1, 0.15) is 31.9 Å². The number of benzene rings is 1. The van der Waals surface area contributed by atoms with E-state index in [1.807, 2.05) is 46.8 Å². The number of aryl methyl sites for hydroxylation is 2. The maximum atomic E-state index is 12.2. The van der Waals surface area contributed by atoms with Crippen LogP contribution in [-0.4, -0.2) is 14.5 Å². The molecule has 0 heterocycles. The molecule has 0 radical (unpaired) electrons. The Morgan fingerprint density at radius 1 is 1.12 bits per heavy atom.